The van der Waals surface area contributed by atoms with Gasteiger partial charge in [0.15, 0.2) is 0 Å². The second kappa shape index (κ2) is 7.57. The summed E-state index contributed by atoms with van der Waals surface area (Å²) in [5.41, 5.74) is 0. The van der Waals surface area contributed by atoms with Gasteiger partial charge >= 0.3 is 5.97 Å². The van der Waals surface area contributed by atoms with Crippen LogP contribution in [0.5, 0.6) is 0 Å². The molecule has 2 heterocycles. The van der Waals surface area contributed by atoms with Crippen molar-refractivity contribution in [1.29, 1.82) is 0 Å². The lowest BCUT2D eigenvalue weighted by Crippen LogP contribution is -2.10. The van der Waals surface area contributed by atoms with Crippen molar-refractivity contribution in [1.82, 2.24) is 5.32 Å². The van der Waals surface area contributed by atoms with Gasteiger partial charge in [-0.1, -0.05) is 6.92 Å². The van der Waals surface area contributed by atoms with Crippen LogP contribution >= 0.6 is 22.7 Å². The van der Waals surface area contributed by atoms with E-state index in [1.165, 1.54) is 21.7 Å². The van der Waals surface area contributed by atoms with Crippen molar-refractivity contribution in [3.8, 4) is 0 Å². The predicted octanol–water partition coefficient (Wildman–Crippen LogP) is 3.38. The summed E-state index contributed by atoms with van der Waals surface area (Å²) in [5, 5.41) is 3.44. The first-order chi connectivity index (χ1) is 9.71. The summed E-state index contributed by atoms with van der Waals surface area (Å²) in [6, 6.07) is 8.45. The van der Waals surface area contributed by atoms with Gasteiger partial charge in [0, 0.05) is 32.6 Å². The van der Waals surface area contributed by atoms with Crippen LogP contribution in [0.4, 0.5) is 0 Å². The molecule has 0 saturated carbocycles. The summed E-state index contributed by atoms with van der Waals surface area (Å²) in [6.07, 6.45) is 1.47. The minimum absolute atomic E-state index is 0.183. The lowest BCUT2D eigenvalue weighted by Gasteiger charge is -2.00. The maximum atomic E-state index is 11.2. The Morgan fingerprint density at radius 2 is 1.60 bits per heavy atom. The zero-order valence-corrected chi connectivity index (χ0v) is 13.4. The molecular formula is C15H19NO2S2. The summed E-state index contributed by atoms with van der Waals surface area (Å²) >= 11 is 3.53. The molecule has 0 unspecified atom stereocenters. The molecule has 0 amide bonds. The van der Waals surface area contributed by atoms with E-state index in [0.29, 0.717) is 6.42 Å². The first-order valence-corrected chi connectivity index (χ1v) is 8.27. The Hall–Kier alpha value is -1.17. The molecule has 1 N–H and O–H groups in total. The summed E-state index contributed by atoms with van der Waals surface area (Å²) in [4.78, 5) is 16.3. The first kappa shape index (κ1) is 15.2. The smallest absolute Gasteiger partial charge is 0.310 e. The zero-order valence-electron chi connectivity index (χ0n) is 11.8. The Morgan fingerprint density at radius 3 is 2.15 bits per heavy atom. The summed E-state index contributed by atoms with van der Waals surface area (Å²) in [5.74, 6) is -0.183. The molecule has 5 heteroatoms. The molecule has 0 atom stereocenters. The normalized spacial score (nSPS) is 10.7. The van der Waals surface area contributed by atoms with E-state index in [4.69, 9.17) is 0 Å². The SMILES string of the molecule is CCc1ccc(CNCc2ccc(CC(=O)OC)s2)s1. The molecule has 2 aromatic heterocycles. The van der Waals surface area contributed by atoms with Gasteiger partial charge in [0.25, 0.3) is 0 Å². The van der Waals surface area contributed by atoms with E-state index in [1.807, 2.05) is 17.4 Å². The van der Waals surface area contributed by atoms with Gasteiger partial charge in [0.1, 0.15) is 0 Å². The second-order valence-electron chi connectivity index (χ2n) is 4.45. The van der Waals surface area contributed by atoms with Crippen molar-refractivity contribution < 1.29 is 9.53 Å². The van der Waals surface area contributed by atoms with Crippen LogP contribution in [-0.4, -0.2) is 13.1 Å². The molecule has 0 fully saturated rings. The van der Waals surface area contributed by atoms with E-state index in [2.05, 4.69) is 35.2 Å². The van der Waals surface area contributed by atoms with Gasteiger partial charge in [-0.3, -0.25) is 4.79 Å². The Labute approximate surface area is 127 Å². The van der Waals surface area contributed by atoms with Gasteiger partial charge in [-0.25, -0.2) is 0 Å². The summed E-state index contributed by atoms with van der Waals surface area (Å²) in [7, 11) is 1.42. The molecule has 108 valence electrons. The van der Waals surface area contributed by atoms with Crippen molar-refractivity contribution in [2.75, 3.05) is 7.11 Å². The number of thiophene rings is 2. The number of nitrogens with one attached hydrogen (secondary N) is 1. The third kappa shape index (κ3) is 4.44. The Balaban J connectivity index is 1.78. The molecule has 0 saturated heterocycles. The standard InChI is InChI=1S/C15H19NO2S2/c1-3-11-4-6-13(19-11)9-16-10-14-7-5-12(20-14)8-15(17)18-2/h4-7,16H,3,8-10H2,1-2H3. The Morgan fingerprint density at radius 1 is 1.05 bits per heavy atom. The van der Waals surface area contributed by atoms with Crippen LogP contribution in [0.3, 0.4) is 0 Å². The summed E-state index contributed by atoms with van der Waals surface area (Å²) in [6.45, 7) is 3.91. The fourth-order valence-corrected chi connectivity index (χ4v) is 3.74. The van der Waals surface area contributed by atoms with Crippen molar-refractivity contribution >= 4 is 28.6 Å². The highest BCUT2D eigenvalue weighted by atomic mass is 32.1. The molecule has 3 nitrogen and oxygen atoms in total. The van der Waals surface area contributed by atoms with Gasteiger partial charge in [0.2, 0.25) is 0 Å². The fraction of sp³-hybridized carbons (Fsp3) is 0.400. The molecule has 0 aliphatic heterocycles. The molecule has 0 spiro atoms. The number of ether oxygens (including phenoxy) is 1. The lowest BCUT2D eigenvalue weighted by atomic mass is 10.3. The Bertz CT molecular complexity index is 560. The third-order valence-corrected chi connectivity index (χ3v) is 5.24. The van der Waals surface area contributed by atoms with Crippen molar-refractivity contribution in [3.05, 3.63) is 43.8 Å². The van der Waals surface area contributed by atoms with Crippen LogP contribution in [0.1, 0.15) is 26.4 Å². The molecule has 0 radical (unpaired) electrons. The summed E-state index contributed by atoms with van der Waals surface area (Å²) < 4.78 is 4.67. The number of hydrogen-bond acceptors (Lipinski definition) is 5. The molecule has 0 aliphatic carbocycles. The third-order valence-electron chi connectivity index (χ3n) is 2.93. The second-order valence-corrected chi connectivity index (χ2v) is 6.95. The molecule has 0 aliphatic rings. The van der Waals surface area contributed by atoms with Gasteiger partial charge in [-0.15, -0.1) is 22.7 Å². The molecular weight excluding hydrogens is 290 g/mol. The van der Waals surface area contributed by atoms with Crippen LogP contribution in [-0.2, 0) is 35.5 Å². The molecule has 2 rings (SSSR count). The topological polar surface area (TPSA) is 38.3 Å². The maximum absolute atomic E-state index is 11.2. The van der Waals surface area contributed by atoms with E-state index in [-0.39, 0.29) is 5.97 Å². The highest BCUT2D eigenvalue weighted by Crippen LogP contribution is 2.19. The first-order valence-electron chi connectivity index (χ1n) is 6.64. The van der Waals surface area contributed by atoms with E-state index in [0.717, 1.165) is 24.4 Å². The molecule has 0 bridgehead atoms. The highest BCUT2D eigenvalue weighted by Gasteiger charge is 2.06. The number of methoxy groups -OCH3 is 1. The van der Waals surface area contributed by atoms with Gasteiger partial charge < -0.3 is 10.1 Å². The van der Waals surface area contributed by atoms with E-state index < -0.39 is 0 Å². The largest absolute Gasteiger partial charge is 0.469 e. The van der Waals surface area contributed by atoms with Crippen molar-refractivity contribution in [2.45, 2.75) is 32.9 Å². The maximum Gasteiger partial charge on any atom is 0.310 e. The average molecular weight is 309 g/mol. The van der Waals surface area contributed by atoms with Crippen LogP contribution in [0.25, 0.3) is 0 Å². The molecule has 20 heavy (non-hydrogen) atoms. The number of hydrogen-bond donors (Lipinski definition) is 1. The zero-order chi connectivity index (χ0) is 14.4. The Kier molecular flexibility index (Phi) is 5.76. The van der Waals surface area contributed by atoms with Gasteiger partial charge in [-0.05, 0) is 30.7 Å². The number of rotatable bonds is 7. The monoisotopic (exact) mass is 309 g/mol. The minimum atomic E-state index is -0.183. The number of aryl methyl sites for hydroxylation is 1. The number of esters is 1. The van der Waals surface area contributed by atoms with E-state index >= 15 is 0 Å². The van der Waals surface area contributed by atoms with Crippen LogP contribution < -0.4 is 5.32 Å². The fourth-order valence-electron chi connectivity index (χ4n) is 1.84. The van der Waals surface area contributed by atoms with Gasteiger partial charge in [-0.2, -0.15) is 0 Å². The van der Waals surface area contributed by atoms with E-state index in [1.54, 1.807) is 11.3 Å². The predicted molar refractivity (Wildman–Crippen MR) is 84.3 cm³/mol. The average Bonchev–Trinajstić information content (AvgIpc) is 3.08. The van der Waals surface area contributed by atoms with Crippen LogP contribution in [0, 0.1) is 0 Å². The van der Waals surface area contributed by atoms with Gasteiger partial charge in [0.05, 0.1) is 13.5 Å². The van der Waals surface area contributed by atoms with Crippen molar-refractivity contribution in [2.24, 2.45) is 0 Å². The highest BCUT2D eigenvalue weighted by molar-refractivity contribution is 7.12. The molecule has 0 aromatic carbocycles. The minimum Gasteiger partial charge on any atom is -0.469 e. The lowest BCUT2D eigenvalue weighted by molar-refractivity contribution is -0.139. The van der Waals surface area contributed by atoms with Crippen LogP contribution in [0.2, 0.25) is 0 Å². The van der Waals surface area contributed by atoms with Crippen molar-refractivity contribution in [3.63, 3.8) is 0 Å². The quantitative estimate of drug-likeness (QED) is 0.797. The molecule has 2 aromatic rings. The van der Waals surface area contributed by atoms with Crippen LogP contribution in [0.15, 0.2) is 24.3 Å². The number of carbonyl (C=O) groups is 1. The number of carbonyl (C=O) groups excluding carboxylic acids is 1. The van der Waals surface area contributed by atoms with E-state index in [9.17, 15) is 4.79 Å².